The van der Waals surface area contributed by atoms with Gasteiger partial charge in [0.25, 0.3) is 10.0 Å². The summed E-state index contributed by atoms with van der Waals surface area (Å²) in [6, 6.07) is 11.5. The zero-order valence-electron chi connectivity index (χ0n) is 18.3. The molecular formula is C23H30N2O5S. The van der Waals surface area contributed by atoms with Gasteiger partial charge in [0.05, 0.1) is 24.8 Å². The molecule has 0 spiro atoms. The van der Waals surface area contributed by atoms with Gasteiger partial charge in [-0.3, -0.25) is 9.10 Å². The van der Waals surface area contributed by atoms with E-state index < -0.39 is 10.0 Å². The van der Waals surface area contributed by atoms with Crippen LogP contribution in [0.4, 0.5) is 5.69 Å². The molecule has 1 aliphatic rings. The van der Waals surface area contributed by atoms with Gasteiger partial charge >= 0.3 is 0 Å². The van der Waals surface area contributed by atoms with Crippen LogP contribution >= 0.6 is 0 Å². The van der Waals surface area contributed by atoms with E-state index in [1.54, 1.807) is 42.5 Å². The Morgan fingerprint density at radius 3 is 2.26 bits per heavy atom. The van der Waals surface area contributed by atoms with Gasteiger partial charge in [0.15, 0.2) is 11.5 Å². The lowest BCUT2D eigenvalue weighted by atomic mass is 9.95. The Kier molecular flexibility index (Phi) is 7.43. The van der Waals surface area contributed by atoms with E-state index in [4.69, 9.17) is 9.47 Å². The molecule has 31 heavy (non-hydrogen) atoms. The van der Waals surface area contributed by atoms with Gasteiger partial charge in [-0.25, -0.2) is 8.42 Å². The van der Waals surface area contributed by atoms with Crippen molar-refractivity contribution in [2.24, 2.45) is 0 Å². The van der Waals surface area contributed by atoms with Gasteiger partial charge in [-0.2, -0.15) is 0 Å². The number of benzene rings is 2. The van der Waals surface area contributed by atoms with Gasteiger partial charge in [-0.15, -0.1) is 0 Å². The number of ether oxygens (including phenoxy) is 2. The fourth-order valence-electron chi connectivity index (χ4n) is 3.78. The number of carbonyl (C=O) groups is 1. The molecule has 0 atom stereocenters. The first-order valence-corrected chi connectivity index (χ1v) is 11.9. The molecule has 1 N–H and O–H groups in total. The third kappa shape index (κ3) is 5.50. The van der Waals surface area contributed by atoms with Gasteiger partial charge in [-0.1, -0.05) is 37.0 Å². The van der Waals surface area contributed by atoms with Gasteiger partial charge in [-0.05, 0) is 44.0 Å². The maximum absolute atomic E-state index is 13.5. The summed E-state index contributed by atoms with van der Waals surface area (Å²) in [6.45, 7) is 1.57. The molecule has 0 radical (unpaired) electrons. The van der Waals surface area contributed by atoms with Gasteiger partial charge in [0, 0.05) is 12.1 Å². The van der Waals surface area contributed by atoms with Crippen molar-refractivity contribution in [2.75, 3.05) is 25.1 Å². The van der Waals surface area contributed by atoms with E-state index in [9.17, 15) is 13.2 Å². The summed E-state index contributed by atoms with van der Waals surface area (Å²) in [5.41, 5.74) is 1.28. The second-order valence-corrected chi connectivity index (χ2v) is 9.63. The molecule has 1 aliphatic carbocycles. The molecule has 0 aliphatic heterocycles. The van der Waals surface area contributed by atoms with Crippen molar-refractivity contribution in [1.82, 2.24) is 5.32 Å². The molecule has 2 aromatic rings. The molecular weight excluding hydrogens is 416 g/mol. The van der Waals surface area contributed by atoms with E-state index >= 15 is 0 Å². The Balaban J connectivity index is 1.95. The lowest BCUT2D eigenvalue weighted by Crippen LogP contribution is -2.44. The van der Waals surface area contributed by atoms with Crippen LogP contribution in [0.15, 0.2) is 47.4 Å². The van der Waals surface area contributed by atoms with E-state index in [0.717, 1.165) is 35.6 Å². The highest BCUT2D eigenvalue weighted by molar-refractivity contribution is 7.92. The molecule has 2 aromatic carbocycles. The Morgan fingerprint density at radius 1 is 1.00 bits per heavy atom. The van der Waals surface area contributed by atoms with E-state index in [0.29, 0.717) is 17.2 Å². The van der Waals surface area contributed by atoms with Gasteiger partial charge < -0.3 is 14.8 Å². The Bertz CT molecular complexity index is 999. The molecule has 1 fully saturated rings. The highest BCUT2D eigenvalue weighted by atomic mass is 32.2. The summed E-state index contributed by atoms with van der Waals surface area (Å²) < 4.78 is 38.7. The van der Waals surface area contributed by atoms with Crippen LogP contribution < -0.4 is 19.1 Å². The minimum atomic E-state index is -3.98. The number of sulfonamides is 1. The number of hydrogen-bond donors (Lipinski definition) is 1. The highest BCUT2D eigenvalue weighted by Crippen LogP contribution is 2.33. The summed E-state index contributed by atoms with van der Waals surface area (Å²) in [6.07, 6.45) is 5.17. The quantitative estimate of drug-likeness (QED) is 0.669. The molecule has 168 valence electrons. The second kappa shape index (κ2) is 10.0. The third-order valence-electron chi connectivity index (χ3n) is 5.52. The molecule has 0 bridgehead atoms. The van der Waals surface area contributed by atoms with E-state index in [1.807, 2.05) is 6.92 Å². The molecule has 8 heteroatoms. The SMILES string of the molecule is COc1ccc(N(CC(=O)NC2CCCCC2)S(=O)(=O)c2ccc(C)cc2)cc1OC. The van der Waals surface area contributed by atoms with Crippen molar-refractivity contribution >= 4 is 21.6 Å². The van der Waals surface area contributed by atoms with Crippen LogP contribution in [0.5, 0.6) is 11.5 Å². The number of anilines is 1. The lowest BCUT2D eigenvalue weighted by molar-refractivity contribution is -0.120. The van der Waals surface area contributed by atoms with E-state index in [-0.39, 0.29) is 23.4 Å². The van der Waals surface area contributed by atoms with Crippen molar-refractivity contribution in [3.05, 3.63) is 48.0 Å². The topological polar surface area (TPSA) is 84.9 Å². The second-order valence-electron chi connectivity index (χ2n) is 7.77. The Labute approximate surface area is 184 Å². The minimum Gasteiger partial charge on any atom is -0.493 e. The third-order valence-corrected chi connectivity index (χ3v) is 7.31. The predicted octanol–water partition coefficient (Wildman–Crippen LogP) is 3.66. The first-order valence-electron chi connectivity index (χ1n) is 10.5. The maximum atomic E-state index is 13.5. The first kappa shape index (κ1) is 22.9. The van der Waals surface area contributed by atoms with E-state index in [2.05, 4.69) is 5.32 Å². The van der Waals surface area contributed by atoms with Gasteiger partial charge in [0.2, 0.25) is 5.91 Å². The number of nitrogens with one attached hydrogen (secondary N) is 1. The Morgan fingerprint density at radius 2 is 1.65 bits per heavy atom. The summed E-state index contributed by atoms with van der Waals surface area (Å²) in [5.74, 6) is 0.541. The van der Waals surface area contributed by atoms with Crippen LogP contribution in [0.3, 0.4) is 0 Å². The van der Waals surface area contributed by atoms with E-state index in [1.165, 1.54) is 20.6 Å². The molecule has 0 unspecified atom stereocenters. The summed E-state index contributed by atoms with van der Waals surface area (Å²) >= 11 is 0. The first-order chi connectivity index (χ1) is 14.8. The summed E-state index contributed by atoms with van der Waals surface area (Å²) in [5, 5.41) is 3.00. The largest absolute Gasteiger partial charge is 0.493 e. The van der Waals surface area contributed by atoms with Crippen LogP contribution in [0.1, 0.15) is 37.7 Å². The molecule has 0 heterocycles. The standard InChI is InChI=1S/C23H30N2O5S/c1-17-9-12-20(13-10-17)31(27,28)25(16-23(26)24-18-7-5-4-6-8-18)19-11-14-21(29-2)22(15-19)30-3/h9-15,18H,4-8,16H2,1-3H3,(H,24,26). The van der Waals surface area contributed by atoms with Gasteiger partial charge in [0.1, 0.15) is 6.54 Å². The van der Waals surface area contributed by atoms with Crippen LogP contribution in [0.25, 0.3) is 0 Å². The minimum absolute atomic E-state index is 0.0931. The zero-order chi connectivity index (χ0) is 22.4. The molecule has 3 rings (SSSR count). The predicted molar refractivity (Wildman–Crippen MR) is 120 cm³/mol. The van der Waals surface area contributed by atoms with Crippen molar-refractivity contribution < 1.29 is 22.7 Å². The van der Waals surface area contributed by atoms with Crippen molar-refractivity contribution in [2.45, 2.75) is 50.0 Å². The molecule has 0 saturated heterocycles. The number of amides is 1. The zero-order valence-corrected chi connectivity index (χ0v) is 19.1. The lowest BCUT2D eigenvalue weighted by Gasteiger charge is -2.27. The van der Waals surface area contributed by atoms with Crippen molar-refractivity contribution in [3.63, 3.8) is 0 Å². The fraction of sp³-hybridized carbons (Fsp3) is 0.435. The van der Waals surface area contributed by atoms with Crippen LogP contribution in [-0.4, -0.2) is 41.1 Å². The average Bonchev–Trinajstić information content (AvgIpc) is 2.78. The number of methoxy groups -OCH3 is 2. The van der Waals surface area contributed by atoms with Crippen LogP contribution in [0, 0.1) is 6.92 Å². The fourth-order valence-corrected chi connectivity index (χ4v) is 5.20. The summed E-state index contributed by atoms with van der Waals surface area (Å²) in [4.78, 5) is 13.0. The number of carbonyl (C=O) groups excluding carboxylic acids is 1. The number of rotatable bonds is 8. The van der Waals surface area contributed by atoms with Crippen molar-refractivity contribution in [1.29, 1.82) is 0 Å². The normalized spacial score (nSPS) is 14.7. The molecule has 1 saturated carbocycles. The monoisotopic (exact) mass is 446 g/mol. The molecule has 7 nitrogen and oxygen atoms in total. The smallest absolute Gasteiger partial charge is 0.264 e. The highest BCUT2D eigenvalue weighted by Gasteiger charge is 2.29. The van der Waals surface area contributed by atoms with Crippen molar-refractivity contribution in [3.8, 4) is 11.5 Å². The number of nitrogens with zero attached hydrogens (tertiary/aromatic N) is 1. The van der Waals surface area contributed by atoms with Crippen LogP contribution in [0.2, 0.25) is 0 Å². The number of hydrogen-bond acceptors (Lipinski definition) is 5. The molecule has 1 amide bonds. The molecule has 0 aromatic heterocycles. The Hall–Kier alpha value is -2.74. The summed E-state index contributed by atoms with van der Waals surface area (Å²) in [7, 11) is -0.983. The maximum Gasteiger partial charge on any atom is 0.264 e. The van der Waals surface area contributed by atoms with Crippen LogP contribution in [-0.2, 0) is 14.8 Å². The number of aryl methyl sites for hydroxylation is 1. The average molecular weight is 447 g/mol.